The minimum absolute atomic E-state index is 0.00341. The van der Waals surface area contributed by atoms with Crippen LogP contribution in [0.15, 0.2) is 0 Å². The summed E-state index contributed by atoms with van der Waals surface area (Å²) in [6, 6.07) is -0.892. The lowest BCUT2D eigenvalue weighted by Crippen LogP contribution is -2.56. The van der Waals surface area contributed by atoms with Crippen LogP contribution in [0.2, 0.25) is 0 Å². The average Bonchev–Trinajstić information content (AvgIpc) is 2.80. The van der Waals surface area contributed by atoms with E-state index in [0.717, 1.165) is 0 Å². The van der Waals surface area contributed by atoms with Gasteiger partial charge in [0.05, 0.1) is 24.6 Å². The minimum Gasteiger partial charge on any atom is -0.480 e. The number of urea groups is 1. The van der Waals surface area contributed by atoms with Gasteiger partial charge in [-0.2, -0.15) is 0 Å². The lowest BCUT2D eigenvalue weighted by Gasteiger charge is -2.39. The number of hydrogen-bond donors (Lipinski definition) is 1. The lowest BCUT2D eigenvalue weighted by molar-refractivity contribution is -0.141. The second kappa shape index (κ2) is 5.36. The molecule has 18 heavy (non-hydrogen) atoms. The number of carbonyl (C=O) groups excluding carboxylic acids is 1. The smallest absolute Gasteiger partial charge is 0.327 e. The van der Waals surface area contributed by atoms with Crippen molar-refractivity contribution in [3.63, 3.8) is 0 Å². The topological polar surface area (TPSA) is 70.1 Å². The van der Waals surface area contributed by atoms with Crippen LogP contribution in [0, 0.1) is 0 Å². The first-order chi connectivity index (χ1) is 8.50. The van der Waals surface area contributed by atoms with Gasteiger partial charge < -0.3 is 19.6 Å². The predicted octanol–water partition coefficient (Wildman–Crippen LogP) is 0.675. The van der Waals surface area contributed by atoms with E-state index >= 15 is 0 Å². The van der Waals surface area contributed by atoms with Crippen molar-refractivity contribution >= 4 is 23.8 Å². The third kappa shape index (κ3) is 2.56. The van der Waals surface area contributed by atoms with E-state index in [1.54, 1.807) is 4.90 Å². The average molecular weight is 274 g/mol. The number of carboxylic acid groups (broad SMARTS) is 1. The fraction of sp³-hybridized carbons (Fsp3) is 0.818. The molecule has 0 radical (unpaired) electrons. The van der Waals surface area contributed by atoms with Gasteiger partial charge in [-0.15, -0.1) is 11.8 Å². The first kappa shape index (κ1) is 13.5. The molecular weight excluding hydrogens is 256 g/mol. The molecule has 2 fully saturated rings. The van der Waals surface area contributed by atoms with Crippen molar-refractivity contribution in [1.29, 1.82) is 0 Å². The number of amides is 2. The lowest BCUT2D eigenvalue weighted by atomic mass is 10.2. The van der Waals surface area contributed by atoms with Crippen molar-refractivity contribution in [3.05, 3.63) is 0 Å². The summed E-state index contributed by atoms with van der Waals surface area (Å²) in [6.07, 6.45) is 0.00341. The Balaban J connectivity index is 2.07. The summed E-state index contributed by atoms with van der Waals surface area (Å²) in [5.74, 6) is -0.00817. The Bertz CT molecular complexity index is 352. The fourth-order valence-corrected chi connectivity index (χ4v) is 3.31. The molecule has 6 nitrogen and oxygen atoms in total. The zero-order chi connectivity index (χ0) is 13.3. The molecule has 0 aromatic rings. The molecule has 2 heterocycles. The fourth-order valence-electron chi connectivity index (χ4n) is 2.17. The Morgan fingerprint density at radius 2 is 2.06 bits per heavy atom. The summed E-state index contributed by atoms with van der Waals surface area (Å²) < 4.78 is 5.47. The summed E-state index contributed by atoms with van der Waals surface area (Å²) in [7, 11) is 0. The standard InChI is InChI=1S/C11H18N2O4S/c1-7-4-17-8(2)3-12(7)11(16)13-6-18-5-9(13)10(14)15/h7-9H,3-6H2,1-2H3,(H,14,15). The molecule has 3 unspecified atom stereocenters. The van der Waals surface area contributed by atoms with Gasteiger partial charge in [0, 0.05) is 12.3 Å². The minimum atomic E-state index is -0.928. The van der Waals surface area contributed by atoms with Crippen molar-refractivity contribution in [1.82, 2.24) is 9.80 Å². The molecule has 0 saturated carbocycles. The third-order valence-electron chi connectivity index (χ3n) is 3.27. The normalized spacial score (nSPS) is 32.7. The van der Waals surface area contributed by atoms with E-state index in [9.17, 15) is 9.59 Å². The maximum atomic E-state index is 12.4. The molecule has 0 spiro atoms. The first-order valence-corrected chi connectivity index (χ1v) is 7.15. The summed E-state index contributed by atoms with van der Waals surface area (Å²) in [5, 5.41) is 9.10. The Hall–Kier alpha value is -0.950. The van der Waals surface area contributed by atoms with Crippen molar-refractivity contribution in [2.45, 2.75) is 32.0 Å². The van der Waals surface area contributed by atoms with Gasteiger partial charge in [-0.05, 0) is 13.8 Å². The van der Waals surface area contributed by atoms with Crippen LogP contribution in [0.4, 0.5) is 4.79 Å². The molecule has 2 rings (SSSR count). The summed E-state index contributed by atoms with van der Waals surface area (Å²) in [6.45, 7) is 4.86. The molecule has 2 saturated heterocycles. The van der Waals surface area contributed by atoms with E-state index in [2.05, 4.69) is 0 Å². The van der Waals surface area contributed by atoms with Crippen molar-refractivity contribution in [2.24, 2.45) is 0 Å². The van der Waals surface area contributed by atoms with Crippen LogP contribution in [0.5, 0.6) is 0 Å². The summed E-state index contributed by atoms with van der Waals surface area (Å²) >= 11 is 1.48. The molecule has 0 aliphatic carbocycles. The van der Waals surface area contributed by atoms with Gasteiger partial charge >= 0.3 is 12.0 Å². The number of ether oxygens (including phenoxy) is 1. The Morgan fingerprint density at radius 1 is 1.33 bits per heavy atom. The Morgan fingerprint density at radius 3 is 2.72 bits per heavy atom. The first-order valence-electron chi connectivity index (χ1n) is 6.00. The largest absolute Gasteiger partial charge is 0.480 e. The van der Waals surface area contributed by atoms with Crippen LogP contribution in [-0.4, -0.2) is 69.9 Å². The second-order valence-electron chi connectivity index (χ2n) is 4.75. The van der Waals surface area contributed by atoms with Crippen LogP contribution >= 0.6 is 11.8 Å². The second-order valence-corrected chi connectivity index (χ2v) is 5.75. The molecule has 2 amide bonds. The van der Waals surface area contributed by atoms with Gasteiger partial charge in [-0.3, -0.25) is 0 Å². The number of carbonyl (C=O) groups is 2. The van der Waals surface area contributed by atoms with Gasteiger partial charge in [-0.25, -0.2) is 9.59 Å². The van der Waals surface area contributed by atoms with Gasteiger partial charge in [0.1, 0.15) is 6.04 Å². The molecule has 0 bridgehead atoms. The summed E-state index contributed by atoms with van der Waals surface area (Å²) in [4.78, 5) is 26.6. The van der Waals surface area contributed by atoms with E-state index in [-0.39, 0.29) is 18.2 Å². The van der Waals surface area contributed by atoms with Crippen LogP contribution in [-0.2, 0) is 9.53 Å². The highest BCUT2D eigenvalue weighted by Gasteiger charge is 2.39. The SMILES string of the molecule is CC1CN(C(=O)N2CSCC2C(=O)O)C(C)CO1. The van der Waals surface area contributed by atoms with Gasteiger partial charge in [0.15, 0.2) is 0 Å². The highest BCUT2D eigenvalue weighted by atomic mass is 32.2. The van der Waals surface area contributed by atoms with E-state index < -0.39 is 12.0 Å². The number of hydrogen-bond acceptors (Lipinski definition) is 4. The molecule has 7 heteroatoms. The molecule has 0 aromatic carbocycles. The number of thioether (sulfide) groups is 1. The zero-order valence-corrected chi connectivity index (χ0v) is 11.4. The highest BCUT2D eigenvalue weighted by molar-refractivity contribution is 7.99. The van der Waals surface area contributed by atoms with Crippen LogP contribution in [0.3, 0.4) is 0 Å². The monoisotopic (exact) mass is 274 g/mol. The van der Waals surface area contributed by atoms with Gasteiger partial charge in [0.2, 0.25) is 0 Å². The number of morpholine rings is 1. The van der Waals surface area contributed by atoms with E-state index in [0.29, 0.717) is 24.8 Å². The van der Waals surface area contributed by atoms with E-state index in [1.807, 2.05) is 13.8 Å². The molecule has 3 atom stereocenters. The molecule has 0 aromatic heterocycles. The van der Waals surface area contributed by atoms with Crippen molar-refractivity contribution in [2.75, 3.05) is 24.8 Å². The summed E-state index contributed by atoms with van der Waals surface area (Å²) in [5.41, 5.74) is 0. The molecule has 2 aliphatic heterocycles. The Labute approximate surface area is 110 Å². The zero-order valence-electron chi connectivity index (χ0n) is 10.5. The molecule has 102 valence electrons. The van der Waals surface area contributed by atoms with Crippen molar-refractivity contribution < 1.29 is 19.4 Å². The van der Waals surface area contributed by atoms with Crippen molar-refractivity contribution in [3.8, 4) is 0 Å². The third-order valence-corrected chi connectivity index (χ3v) is 4.28. The van der Waals surface area contributed by atoms with Gasteiger partial charge in [0.25, 0.3) is 0 Å². The Kier molecular flexibility index (Phi) is 4.01. The number of carboxylic acids is 1. The van der Waals surface area contributed by atoms with Crippen LogP contribution in [0.25, 0.3) is 0 Å². The van der Waals surface area contributed by atoms with Gasteiger partial charge in [-0.1, -0.05) is 0 Å². The predicted molar refractivity (Wildman–Crippen MR) is 67.6 cm³/mol. The van der Waals surface area contributed by atoms with E-state index in [4.69, 9.17) is 9.84 Å². The van der Waals surface area contributed by atoms with Crippen LogP contribution < -0.4 is 0 Å². The maximum absolute atomic E-state index is 12.4. The highest BCUT2D eigenvalue weighted by Crippen LogP contribution is 2.24. The number of aliphatic carboxylic acids is 1. The molecular formula is C11H18N2O4S. The quantitative estimate of drug-likeness (QED) is 0.761. The number of nitrogens with zero attached hydrogens (tertiary/aromatic N) is 2. The van der Waals surface area contributed by atoms with E-state index in [1.165, 1.54) is 16.7 Å². The molecule has 1 N–H and O–H groups in total. The number of rotatable bonds is 1. The maximum Gasteiger partial charge on any atom is 0.327 e. The molecule has 2 aliphatic rings. The van der Waals surface area contributed by atoms with Crippen LogP contribution in [0.1, 0.15) is 13.8 Å².